The molecule has 2 aromatic heterocycles. The highest BCUT2D eigenvalue weighted by Crippen LogP contribution is 2.40. The van der Waals surface area contributed by atoms with Crippen LogP contribution in [0.1, 0.15) is 12.5 Å². The molecule has 0 spiro atoms. The number of hydrogen-bond donors (Lipinski definition) is 0. The molecule has 9 nitrogen and oxygen atoms in total. The molecule has 6 rings (SSSR count). The van der Waals surface area contributed by atoms with E-state index in [1.165, 1.54) is 5.69 Å². The van der Waals surface area contributed by atoms with Crippen LogP contribution >= 0.6 is 35.0 Å². The quantitative estimate of drug-likeness (QED) is 0.223. The van der Waals surface area contributed by atoms with E-state index in [1.54, 1.807) is 36.4 Å². The van der Waals surface area contributed by atoms with E-state index in [9.17, 15) is 0 Å². The number of rotatable bonds is 10. The van der Waals surface area contributed by atoms with E-state index in [-0.39, 0.29) is 6.10 Å². The number of halogens is 2. The summed E-state index contributed by atoms with van der Waals surface area (Å²) in [5, 5.41) is 4.44. The molecule has 0 bridgehead atoms. The van der Waals surface area contributed by atoms with Gasteiger partial charge in [0, 0.05) is 54.2 Å². The maximum Gasteiger partial charge on any atom is 0.215 e. The van der Waals surface area contributed by atoms with Gasteiger partial charge in [0.2, 0.25) is 5.79 Å². The molecule has 0 saturated carbocycles. The van der Waals surface area contributed by atoms with Crippen LogP contribution in [0.25, 0.3) is 0 Å². The number of anilines is 1. The van der Waals surface area contributed by atoms with Crippen molar-refractivity contribution in [1.82, 2.24) is 19.2 Å². The largest absolute Gasteiger partial charge is 0.491 e. The lowest BCUT2D eigenvalue weighted by Crippen LogP contribution is -2.51. The second-order valence-electron chi connectivity index (χ2n) is 9.90. The van der Waals surface area contributed by atoms with Gasteiger partial charge in [-0.05, 0) is 42.2 Å². The zero-order valence-electron chi connectivity index (χ0n) is 22.7. The molecule has 2 atom stereocenters. The van der Waals surface area contributed by atoms with E-state index in [2.05, 4.69) is 43.6 Å². The van der Waals surface area contributed by atoms with Crippen LogP contribution in [-0.4, -0.2) is 70.5 Å². The van der Waals surface area contributed by atoms with E-state index in [0.29, 0.717) is 29.8 Å². The van der Waals surface area contributed by atoms with Crippen LogP contribution < -0.4 is 14.6 Å². The molecule has 2 fully saturated rings. The highest BCUT2D eigenvalue weighted by atomic mass is 35.5. The summed E-state index contributed by atoms with van der Waals surface area (Å²) in [5.74, 6) is 0.719. The monoisotopic (exact) mass is 614 g/mol. The summed E-state index contributed by atoms with van der Waals surface area (Å²) in [7, 11) is 0. The molecule has 0 radical (unpaired) electrons. The fourth-order valence-corrected chi connectivity index (χ4v) is 6.47. The number of nitrogens with zero attached hydrogens (tertiary/aromatic N) is 6. The highest BCUT2D eigenvalue weighted by Gasteiger charge is 2.45. The molecule has 4 aromatic rings. The van der Waals surface area contributed by atoms with Crippen molar-refractivity contribution in [3.05, 3.63) is 89.2 Å². The second kappa shape index (κ2) is 12.5. The van der Waals surface area contributed by atoms with E-state index in [4.69, 9.17) is 37.4 Å². The van der Waals surface area contributed by atoms with Gasteiger partial charge in [-0.3, -0.25) is 0 Å². The third-order valence-corrected chi connectivity index (χ3v) is 8.60. The average molecular weight is 616 g/mol. The summed E-state index contributed by atoms with van der Waals surface area (Å²) in [5.41, 5.74) is 1.90. The minimum Gasteiger partial charge on any atom is -0.491 e. The van der Waals surface area contributed by atoms with Crippen LogP contribution in [0.4, 0.5) is 5.69 Å². The first-order valence-corrected chi connectivity index (χ1v) is 15.4. The lowest BCUT2D eigenvalue weighted by atomic mass is 10.1. The Morgan fingerprint density at radius 2 is 1.88 bits per heavy atom. The van der Waals surface area contributed by atoms with Crippen molar-refractivity contribution in [2.45, 2.75) is 30.5 Å². The van der Waals surface area contributed by atoms with Crippen molar-refractivity contribution in [3.63, 3.8) is 0 Å². The molecule has 2 aliphatic rings. The third-order valence-electron chi connectivity index (χ3n) is 7.21. The number of thioether (sulfide) groups is 1. The summed E-state index contributed by atoms with van der Waals surface area (Å²) >= 11 is 14.5. The molecule has 41 heavy (non-hydrogen) atoms. The lowest BCUT2D eigenvalue weighted by Gasteiger charge is -2.38. The van der Waals surface area contributed by atoms with Gasteiger partial charge in [-0.15, -0.1) is 0 Å². The molecule has 216 valence electrons. The van der Waals surface area contributed by atoms with Gasteiger partial charge in [-0.2, -0.15) is 0 Å². The zero-order chi connectivity index (χ0) is 28.2. The second-order valence-corrected chi connectivity index (χ2v) is 12.0. The van der Waals surface area contributed by atoms with Crippen LogP contribution in [0.2, 0.25) is 10.0 Å². The minimum absolute atomic E-state index is 0.281. The normalized spacial score (nSPS) is 21.0. The molecular weight excluding hydrogens is 583 g/mol. The van der Waals surface area contributed by atoms with Gasteiger partial charge in [0.25, 0.3) is 0 Å². The molecule has 2 saturated heterocycles. The zero-order valence-corrected chi connectivity index (χ0v) is 25.1. The van der Waals surface area contributed by atoms with Gasteiger partial charge in [-0.25, -0.2) is 14.6 Å². The van der Waals surface area contributed by atoms with E-state index < -0.39 is 5.79 Å². The molecule has 0 N–H and O–H groups in total. The Morgan fingerprint density at radius 3 is 2.61 bits per heavy atom. The Kier molecular flexibility index (Phi) is 8.64. The maximum absolute atomic E-state index is 6.58. The molecule has 0 unspecified atom stereocenters. The number of aromatic nitrogens is 4. The van der Waals surface area contributed by atoms with Crippen molar-refractivity contribution in [1.29, 1.82) is 0 Å². The Morgan fingerprint density at radius 1 is 1.05 bits per heavy atom. The minimum atomic E-state index is -1.07. The van der Waals surface area contributed by atoms with Crippen LogP contribution in [-0.2, 0) is 21.8 Å². The van der Waals surface area contributed by atoms with Crippen molar-refractivity contribution in [2.75, 3.05) is 55.1 Å². The third kappa shape index (κ3) is 6.32. The molecule has 12 heteroatoms. The van der Waals surface area contributed by atoms with Crippen LogP contribution in [0.15, 0.2) is 78.7 Å². The molecule has 0 aliphatic carbocycles. The first-order valence-electron chi connectivity index (χ1n) is 13.7. The standard InChI is InChI=1S/C29H32Cl2N6O3S/c1-2-41-28-33-10-12-37(28)36-15-13-35(14-16-36)23-4-6-24(7-5-23)38-18-25-19-39-29(40-25,20-34-11-9-32-21-34)26-8-3-22(30)17-27(26)31/h3-12,17,21,25H,2,13-16,18-20H2,1H3/t25-,29-/m1/s1. The Hall–Kier alpha value is -2.89. The van der Waals surface area contributed by atoms with Gasteiger partial charge in [0.1, 0.15) is 18.5 Å². The number of ether oxygens (including phenoxy) is 3. The van der Waals surface area contributed by atoms with Crippen LogP contribution in [0, 0.1) is 0 Å². The Bertz CT molecular complexity index is 1430. The van der Waals surface area contributed by atoms with E-state index >= 15 is 0 Å². The van der Waals surface area contributed by atoms with Crippen molar-refractivity contribution in [2.24, 2.45) is 0 Å². The molecule has 2 aromatic carbocycles. The predicted molar refractivity (Wildman–Crippen MR) is 162 cm³/mol. The summed E-state index contributed by atoms with van der Waals surface area (Å²) in [6, 6.07) is 13.6. The average Bonchev–Trinajstić information content (AvgIpc) is 3.75. The SMILES string of the molecule is CCSc1nccn1N1CCN(c2ccc(OC[C@@H]3CO[C@@](Cn4ccnc4)(c4ccc(Cl)cc4Cl)O3)cc2)CC1. The van der Waals surface area contributed by atoms with Crippen molar-refractivity contribution >= 4 is 40.7 Å². The predicted octanol–water partition coefficient (Wildman–Crippen LogP) is 5.30. The summed E-state index contributed by atoms with van der Waals surface area (Å²) < 4.78 is 23.0. The lowest BCUT2D eigenvalue weighted by molar-refractivity contribution is -0.189. The fraction of sp³-hybridized carbons (Fsp3) is 0.379. The number of piperazine rings is 1. The maximum atomic E-state index is 6.58. The molecular formula is C29H32Cl2N6O3S. The van der Waals surface area contributed by atoms with Crippen molar-refractivity contribution < 1.29 is 14.2 Å². The molecule has 0 amide bonds. The first-order chi connectivity index (χ1) is 20.0. The van der Waals surface area contributed by atoms with Gasteiger partial charge in [-0.1, -0.05) is 48.0 Å². The summed E-state index contributed by atoms with van der Waals surface area (Å²) in [6.45, 7) is 7.00. The topological polar surface area (TPSA) is 69.8 Å². The molecule has 4 heterocycles. The van der Waals surface area contributed by atoms with E-state index in [0.717, 1.165) is 48.4 Å². The van der Waals surface area contributed by atoms with Crippen molar-refractivity contribution in [3.8, 4) is 5.75 Å². The van der Waals surface area contributed by atoms with Gasteiger partial charge < -0.3 is 28.7 Å². The van der Waals surface area contributed by atoms with Gasteiger partial charge >= 0.3 is 0 Å². The van der Waals surface area contributed by atoms with Gasteiger partial charge in [0.05, 0.1) is 37.6 Å². The Balaban J connectivity index is 1.05. The first kappa shape index (κ1) is 28.2. The Labute approximate surface area is 253 Å². The summed E-state index contributed by atoms with van der Waals surface area (Å²) in [4.78, 5) is 11.0. The van der Waals surface area contributed by atoms with Gasteiger partial charge in [0.15, 0.2) is 5.16 Å². The smallest absolute Gasteiger partial charge is 0.215 e. The van der Waals surface area contributed by atoms with Crippen LogP contribution in [0.3, 0.4) is 0 Å². The molecule has 2 aliphatic heterocycles. The van der Waals surface area contributed by atoms with Crippen LogP contribution in [0.5, 0.6) is 5.75 Å². The highest BCUT2D eigenvalue weighted by molar-refractivity contribution is 7.99. The van der Waals surface area contributed by atoms with E-state index in [1.807, 2.05) is 41.4 Å². The number of benzene rings is 2. The number of hydrogen-bond acceptors (Lipinski definition) is 8. The summed E-state index contributed by atoms with van der Waals surface area (Å²) in [6.07, 6.45) is 8.95. The fourth-order valence-electron chi connectivity index (χ4n) is 5.22. The number of imidazole rings is 2.